The molecule has 1 aromatic carbocycles. The van der Waals surface area contributed by atoms with Crippen LogP contribution in [-0.4, -0.2) is 36.1 Å². The molecule has 0 fully saturated rings. The van der Waals surface area contributed by atoms with Gasteiger partial charge in [-0.1, -0.05) is 23.9 Å². The van der Waals surface area contributed by atoms with Gasteiger partial charge in [0.1, 0.15) is 5.56 Å². The maximum Gasteiger partial charge on any atom is 0.269 e. The number of nitro groups is 1. The molecule has 2 heterocycles. The summed E-state index contributed by atoms with van der Waals surface area (Å²) in [5.74, 6) is 1.75. The van der Waals surface area contributed by atoms with Crippen molar-refractivity contribution in [2.45, 2.75) is 31.3 Å². The first-order chi connectivity index (χ1) is 13.0. The average molecular weight is 388 g/mol. The summed E-state index contributed by atoms with van der Waals surface area (Å²) in [4.78, 5) is 10.5. The minimum atomic E-state index is -0.394. The van der Waals surface area contributed by atoms with Gasteiger partial charge in [-0.25, -0.2) is 0 Å². The average Bonchev–Trinajstić information content (AvgIpc) is 3.23. The zero-order chi connectivity index (χ0) is 19.4. The highest BCUT2D eigenvalue weighted by molar-refractivity contribution is 7.98. The third-order valence-electron chi connectivity index (χ3n) is 3.90. The summed E-state index contributed by atoms with van der Waals surface area (Å²) in [5.41, 5.74) is 1.73. The lowest BCUT2D eigenvalue weighted by atomic mass is 10.2. The fraction of sp³-hybridized carbons (Fsp3) is 0.353. The molecule has 0 bridgehead atoms. The molecule has 2 aromatic heterocycles. The summed E-state index contributed by atoms with van der Waals surface area (Å²) < 4.78 is 9.29. The molecule has 0 atom stereocenters. The fourth-order valence-corrected chi connectivity index (χ4v) is 3.40. The van der Waals surface area contributed by atoms with Crippen molar-refractivity contribution in [3.05, 3.63) is 46.1 Å². The first-order valence-corrected chi connectivity index (χ1v) is 9.48. The monoisotopic (exact) mass is 388 g/mol. The van der Waals surface area contributed by atoms with Crippen molar-refractivity contribution in [1.29, 1.82) is 0 Å². The number of ether oxygens (including phenoxy) is 1. The zero-order valence-corrected chi connectivity index (χ0v) is 16.1. The molecule has 0 unspecified atom stereocenters. The van der Waals surface area contributed by atoms with Crippen LogP contribution in [0.25, 0.3) is 11.4 Å². The molecule has 0 aliphatic rings. The zero-order valence-electron chi connectivity index (χ0n) is 15.3. The Labute approximate surface area is 160 Å². The van der Waals surface area contributed by atoms with Crippen LogP contribution in [0.3, 0.4) is 0 Å². The maximum atomic E-state index is 10.9. The highest BCUT2D eigenvalue weighted by Gasteiger charge is 2.19. The minimum Gasteiger partial charge on any atom is -0.476 e. The smallest absolute Gasteiger partial charge is 0.269 e. The standard InChI is InChI=1S/C17H20N6O3S/c1-4-22-10-14(16(20-22)26-5-2)15-18-19-17(21(15)3)27-11-12-7-6-8-13(9-12)23(24)25/h6-10H,4-5,11H2,1-3H3. The van der Waals surface area contributed by atoms with Crippen LogP contribution in [0.5, 0.6) is 5.88 Å². The molecular weight excluding hydrogens is 368 g/mol. The summed E-state index contributed by atoms with van der Waals surface area (Å²) in [6.07, 6.45) is 1.89. The molecule has 0 N–H and O–H groups in total. The van der Waals surface area contributed by atoms with E-state index in [1.54, 1.807) is 16.8 Å². The predicted octanol–water partition coefficient (Wildman–Crippen LogP) is 3.30. The normalized spacial score (nSPS) is 10.9. The van der Waals surface area contributed by atoms with Gasteiger partial charge in [-0.2, -0.15) is 0 Å². The Morgan fingerprint density at radius 3 is 2.81 bits per heavy atom. The van der Waals surface area contributed by atoms with E-state index in [4.69, 9.17) is 4.74 Å². The molecule has 10 heteroatoms. The van der Waals surface area contributed by atoms with Gasteiger partial charge in [0.05, 0.1) is 11.5 Å². The Morgan fingerprint density at radius 1 is 1.30 bits per heavy atom. The van der Waals surface area contributed by atoms with Crippen LogP contribution in [0.15, 0.2) is 35.6 Å². The lowest BCUT2D eigenvalue weighted by Crippen LogP contribution is -1.98. The van der Waals surface area contributed by atoms with Gasteiger partial charge < -0.3 is 9.30 Å². The van der Waals surface area contributed by atoms with Gasteiger partial charge in [0, 0.05) is 37.7 Å². The summed E-state index contributed by atoms with van der Waals surface area (Å²) in [6.45, 7) is 5.15. The van der Waals surface area contributed by atoms with Crippen molar-refractivity contribution in [3.63, 3.8) is 0 Å². The van der Waals surface area contributed by atoms with E-state index in [1.807, 2.05) is 37.7 Å². The van der Waals surface area contributed by atoms with Crippen molar-refractivity contribution >= 4 is 17.4 Å². The van der Waals surface area contributed by atoms with E-state index < -0.39 is 4.92 Å². The van der Waals surface area contributed by atoms with Crippen LogP contribution in [0.1, 0.15) is 19.4 Å². The van der Waals surface area contributed by atoms with E-state index in [2.05, 4.69) is 15.3 Å². The summed E-state index contributed by atoms with van der Waals surface area (Å²) in [5, 5.41) is 24.6. The quantitative estimate of drug-likeness (QED) is 0.331. The molecule has 0 saturated carbocycles. The SMILES string of the molecule is CCOc1nn(CC)cc1-c1nnc(SCc2cccc([N+](=O)[O-])c2)n1C. The van der Waals surface area contributed by atoms with Crippen molar-refractivity contribution in [3.8, 4) is 17.3 Å². The van der Waals surface area contributed by atoms with Gasteiger partial charge in [0.2, 0.25) is 5.88 Å². The van der Waals surface area contributed by atoms with E-state index in [1.165, 1.54) is 17.8 Å². The molecule has 0 radical (unpaired) electrons. The predicted molar refractivity (Wildman–Crippen MR) is 102 cm³/mol. The van der Waals surface area contributed by atoms with Crippen molar-refractivity contribution in [2.24, 2.45) is 7.05 Å². The molecule has 3 aromatic rings. The van der Waals surface area contributed by atoms with Crippen LogP contribution >= 0.6 is 11.8 Å². The number of aryl methyl sites for hydroxylation is 1. The highest BCUT2D eigenvalue weighted by Crippen LogP contribution is 2.30. The molecule has 9 nitrogen and oxygen atoms in total. The van der Waals surface area contributed by atoms with Crippen LogP contribution < -0.4 is 4.74 Å². The van der Waals surface area contributed by atoms with Gasteiger partial charge >= 0.3 is 0 Å². The second kappa shape index (κ2) is 8.21. The lowest BCUT2D eigenvalue weighted by Gasteiger charge is -2.04. The van der Waals surface area contributed by atoms with E-state index in [0.29, 0.717) is 29.2 Å². The van der Waals surface area contributed by atoms with Gasteiger partial charge in [0.15, 0.2) is 11.0 Å². The van der Waals surface area contributed by atoms with Crippen molar-refractivity contribution < 1.29 is 9.66 Å². The lowest BCUT2D eigenvalue weighted by molar-refractivity contribution is -0.384. The number of hydrogen-bond acceptors (Lipinski definition) is 7. The van der Waals surface area contributed by atoms with Crippen molar-refractivity contribution in [2.75, 3.05) is 6.61 Å². The Kier molecular flexibility index (Phi) is 5.75. The first-order valence-electron chi connectivity index (χ1n) is 8.49. The molecule has 0 spiro atoms. The third-order valence-corrected chi connectivity index (χ3v) is 4.99. The minimum absolute atomic E-state index is 0.0834. The number of nitrogens with zero attached hydrogens (tertiary/aromatic N) is 6. The number of nitro benzene ring substituents is 1. The van der Waals surface area contributed by atoms with E-state index in [9.17, 15) is 10.1 Å². The number of aromatic nitrogens is 5. The molecule has 142 valence electrons. The summed E-state index contributed by atoms with van der Waals surface area (Å²) in [6, 6.07) is 6.59. The summed E-state index contributed by atoms with van der Waals surface area (Å²) in [7, 11) is 1.88. The Morgan fingerprint density at radius 2 is 2.11 bits per heavy atom. The Balaban J connectivity index is 1.81. The number of thioether (sulfide) groups is 1. The van der Waals surface area contributed by atoms with Crippen molar-refractivity contribution in [1.82, 2.24) is 24.5 Å². The van der Waals surface area contributed by atoms with Crippen LogP contribution in [-0.2, 0) is 19.3 Å². The topological polar surface area (TPSA) is 101 Å². The van der Waals surface area contributed by atoms with Gasteiger partial charge in [0.25, 0.3) is 5.69 Å². The Bertz CT molecular complexity index is 952. The molecule has 0 saturated heterocycles. The maximum absolute atomic E-state index is 10.9. The first kappa shape index (κ1) is 18.9. The molecule has 3 rings (SSSR count). The van der Waals surface area contributed by atoms with Gasteiger partial charge in [-0.05, 0) is 19.4 Å². The van der Waals surface area contributed by atoms with Gasteiger partial charge in [-0.15, -0.1) is 15.3 Å². The van der Waals surface area contributed by atoms with Crippen LogP contribution in [0.2, 0.25) is 0 Å². The largest absolute Gasteiger partial charge is 0.476 e. The molecule has 27 heavy (non-hydrogen) atoms. The second-order valence-corrected chi connectivity index (χ2v) is 6.66. The van der Waals surface area contributed by atoms with Crippen LogP contribution in [0, 0.1) is 10.1 Å². The molecule has 0 aliphatic carbocycles. The second-order valence-electron chi connectivity index (χ2n) is 5.72. The van der Waals surface area contributed by atoms with E-state index in [-0.39, 0.29) is 5.69 Å². The number of rotatable bonds is 8. The van der Waals surface area contributed by atoms with Gasteiger partial charge in [-0.3, -0.25) is 14.8 Å². The molecular formula is C17H20N6O3S. The number of non-ortho nitro benzene ring substituents is 1. The van der Waals surface area contributed by atoms with Crippen LogP contribution in [0.4, 0.5) is 5.69 Å². The number of hydrogen-bond donors (Lipinski definition) is 0. The van der Waals surface area contributed by atoms with E-state index >= 15 is 0 Å². The number of benzene rings is 1. The van der Waals surface area contributed by atoms with E-state index in [0.717, 1.165) is 17.7 Å². The molecule has 0 amide bonds. The highest BCUT2D eigenvalue weighted by atomic mass is 32.2. The third kappa shape index (κ3) is 4.11. The Hall–Kier alpha value is -2.88. The molecule has 0 aliphatic heterocycles. The fourth-order valence-electron chi connectivity index (χ4n) is 2.55. The summed E-state index contributed by atoms with van der Waals surface area (Å²) >= 11 is 1.47.